The molecule has 32 heavy (non-hydrogen) atoms. The number of hydrogen-bond acceptors (Lipinski definition) is 8. The van der Waals surface area contributed by atoms with Gasteiger partial charge in [0.1, 0.15) is 6.10 Å². The zero-order valence-corrected chi connectivity index (χ0v) is 18.9. The van der Waals surface area contributed by atoms with E-state index in [1.807, 2.05) is 7.05 Å². The monoisotopic (exact) mass is 444 g/mol. The van der Waals surface area contributed by atoms with Gasteiger partial charge >= 0.3 is 6.01 Å². The van der Waals surface area contributed by atoms with Gasteiger partial charge in [-0.25, -0.2) is 4.39 Å². The van der Waals surface area contributed by atoms with E-state index in [4.69, 9.17) is 4.74 Å². The minimum absolute atomic E-state index is 0.0975. The Bertz CT molecular complexity index is 898. The van der Waals surface area contributed by atoms with Gasteiger partial charge < -0.3 is 25.0 Å². The maximum Gasteiger partial charge on any atom is 0.323 e. The first-order valence-corrected chi connectivity index (χ1v) is 11.6. The Morgan fingerprint density at radius 3 is 2.47 bits per heavy atom. The van der Waals surface area contributed by atoms with Crippen LogP contribution in [0.3, 0.4) is 0 Å². The molecule has 2 fully saturated rings. The molecule has 1 aromatic carbocycles. The molecule has 1 saturated heterocycles. The number of aromatic nitrogens is 3. The molecule has 1 aromatic heterocycles. The van der Waals surface area contributed by atoms with E-state index in [0.29, 0.717) is 29.6 Å². The molecular weight excluding hydrogens is 411 g/mol. The highest BCUT2D eigenvalue weighted by Crippen LogP contribution is 2.27. The molecule has 0 spiro atoms. The van der Waals surface area contributed by atoms with Crippen molar-refractivity contribution >= 4 is 17.6 Å². The molecule has 2 aliphatic rings. The third-order valence-electron chi connectivity index (χ3n) is 6.43. The fourth-order valence-corrected chi connectivity index (χ4v) is 4.38. The van der Waals surface area contributed by atoms with Crippen molar-refractivity contribution in [3.05, 3.63) is 24.0 Å². The van der Waals surface area contributed by atoms with Crippen molar-refractivity contribution in [2.45, 2.75) is 63.5 Å². The highest BCUT2D eigenvalue weighted by Gasteiger charge is 2.24. The number of halogens is 1. The van der Waals surface area contributed by atoms with Crippen molar-refractivity contribution < 1.29 is 14.2 Å². The maximum absolute atomic E-state index is 13.8. The second kappa shape index (κ2) is 10.3. The first-order chi connectivity index (χ1) is 15.5. The molecule has 0 unspecified atom stereocenters. The molecule has 0 radical (unpaired) electrons. The Balaban J connectivity index is 1.58. The van der Waals surface area contributed by atoms with Crippen LogP contribution in [0, 0.1) is 5.82 Å². The van der Waals surface area contributed by atoms with Crippen molar-refractivity contribution in [1.82, 2.24) is 19.9 Å². The van der Waals surface area contributed by atoms with Crippen LogP contribution >= 0.6 is 0 Å². The van der Waals surface area contributed by atoms with Crippen LogP contribution < -0.4 is 15.0 Å². The van der Waals surface area contributed by atoms with Crippen LogP contribution in [-0.2, 0) is 0 Å². The Morgan fingerprint density at radius 1 is 1.06 bits per heavy atom. The Kier molecular flexibility index (Phi) is 7.24. The number of piperidine rings is 1. The normalized spacial score (nSPS) is 18.8. The second-order valence-electron chi connectivity index (χ2n) is 8.91. The number of anilines is 3. The molecular formula is C23H33FN6O2. The molecule has 1 aliphatic carbocycles. The van der Waals surface area contributed by atoms with Crippen LogP contribution in [0.2, 0.25) is 0 Å². The molecule has 0 bridgehead atoms. The van der Waals surface area contributed by atoms with E-state index in [9.17, 15) is 9.50 Å². The van der Waals surface area contributed by atoms with E-state index in [2.05, 4.69) is 37.1 Å². The van der Waals surface area contributed by atoms with Crippen LogP contribution in [-0.4, -0.2) is 64.3 Å². The van der Waals surface area contributed by atoms with Crippen LogP contribution in [0.4, 0.5) is 22.0 Å². The Morgan fingerprint density at radius 2 is 1.78 bits per heavy atom. The predicted octanol–water partition coefficient (Wildman–Crippen LogP) is 4.09. The molecule has 2 N–H and O–H groups in total. The molecule has 2 heterocycles. The van der Waals surface area contributed by atoms with E-state index in [0.717, 1.165) is 51.6 Å². The van der Waals surface area contributed by atoms with E-state index < -0.39 is 11.6 Å². The smallest absolute Gasteiger partial charge is 0.323 e. The second-order valence-corrected chi connectivity index (χ2v) is 8.91. The summed E-state index contributed by atoms with van der Waals surface area (Å²) in [6.45, 7) is 2.06. The summed E-state index contributed by atoms with van der Waals surface area (Å²) >= 11 is 0. The van der Waals surface area contributed by atoms with Crippen molar-refractivity contribution in [3.8, 4) is 11.8 Å². The molecule has 2 aromatic rings. The fourth-order valence-electron chi connectivity index (χ4n) is 4.38. The largest absolute Gasteiger partial charge is 0.505 e. The van der Waals surface area contributed by atoms with Crippen LogP contribution in [0.15, 0.2) is 18.2 Å². The first kappa shape index (κ1) is 22.5. The van der Waals surface area contributed by atoms with Gasteiger partial charge in [0, 0.05) is 24.8 Å². The minimum atomic E-state index is -0.706. The van der Waals surface area contributed by atoms with Gasteiger partial charge in [-0.3, -0.25) is 0 Å². The van der Waals surface area contributed by atoms with Crippen LogP contribution in [0.5, 0.6) is 11.8 Å². The van der Waals surface area contributed by atoms with Gasteiger partial charge in [-0.2, -0.15) is 15.0 Å². The van der Waals surface area contributed by atoms with Crippen molar-refractivity contribution in [2.75, 3.05) is 37.4 Å². The number of likely N-dealkylation sites (tertiary alicyclic amines) is 1. The lowest BCUT2D eigenvalue weighted by Gasteiger charge is -2.35. The van der Waals surface area contributed by atoms with E-state index in [1.54, 1.807) is 6.07 Å². The summed E-state index contributed by atoms with van der Waals surface area (Å²) in [6.07, 6.45) is 8.93. The lowest BCUT2D eigenvalue weighted by atomic mass is 10.0. The molecule has 8 nitrogen and oxygen atoms in total. The van der Waals surface area contributed by atoms with E-state index >= 15 is 0 Å². The topological polar surface area (TPSA) is 86.6 Å². The summed E-state index contributed by atoms with van der Waals surface area (Å²) in [5, 5.41) is 12.5. The molecule has 0 atom stereocenters. The molecule has 1 aliphatic heterocycles. The summed E-state index contributed by atoms with van der Waals surface area (Å²) in [4.78, 5) is 18.1. The molecule has 1 saturated carbocycles. The molecule has 4 rings (SSSR count). The first-order valence-electron chi connectivity index (χ1n) is 11.6. The van der Waals surface area contributed by atoms with Gasteiger partial charge in [-0.15, -0.1) is 0 Å². The van der Waals surface area contributed by atoms with Crippen molar-refractivity contribution in [3.63, 3.8) is 0 Å². The van der Waals surface area contributed by atoms with Gasteiger partial charge in [0.05, 0.1) is 0 Å². The minimum Gasteiger partial charge on any atom is -0.505 e. The summed E-state index contributed by atoms with van der Waals surface area (Å²) in [5.41, 5.74) is 0.444. The average molecular weight is 445 g/mol. The zero-order valence-electron chi connectivity index (χ0n) is 18.9. The predicted molar refractivity (Wildman–Crippen MR) is 122 cm³/mol. The van der Waals surface area contributed by atoms with E-state index in [1.165, 1.54) is 25.0 Å². The van der Waals surface area contributed by atoms with Crippen molar-refractivity contribution in [1.29, 1.82) is 0 Å². The van der Waals surface area contributed by atoms with Crippen LogP contribution in [0.25, 0.3) is 0 Å². The number of ether oxygens (including phenoxy) is 1. The summed E-state index contributed by atoms with van der Waals surface area (Å²) < 4.78 is 20.0. The summed E-state index contributed by atoms with van der Waals surface area (Å²) in [5.74, 6) is -0.266. The van der Waals surface area contributed by atoms with Gasteiger partial charge in [-0.05, 0) is 70.8 Å². The number of hydrogen-bond donors (Lipinski definition) is 2. The lowest BCUT2D eigenvalue weighted by Crippen LogP contribution is -2.42. The number of nitrogens with one attached hydrogen (secondary N) is 1. The number of benzene rings is 1. The Hall–Kier alpha value is -2.68. The SMILES string of the molecule is CN1CCC(N(C)c2nc(Nc3ccc(O)c(F)c3)nc(OC3CCCCCC3)n2)CC1. The van der Waals surface area contributed by atoms with Gasteiger partial charge in [0.15, 0.2) is 11.6 Å². The summed E-state index contributed by atoms with van der Waals surface area (Å²) in [7, 11) is 4.14. The molecule has 9 heteroatoms. The zero-order chi connectivity index (χ0) is 22.5. The quantitative estimate of drug-likeness (QED) is 0.509. The van der Waals surface area contributed by atoms with Gasteiger partial charge in [0.2, 0.25) is 11.9 Å². The number of phenolic OH excluding ortho intramolecular Hbond substituents is 1. The fraction of sp³-hybridized carbons (Fsp3) is 0.609. The number of phenols is 1. The lowest BCUT2D eigenvalue weighted by molar-refractivity contribution is 0.168. The number of nitrogens with zero attached hydrogens (tertiary/aromatic N) is 5. The van der Waals surface area contributed by atoms with Gasteiger partial charge in [0.25, 0.3) is 0 Å². The Labute approximate surface area is 188 Å². The number of aromatic hydroxyl groups is 1. The molecule has 0 amide bonds. The third kappa shape index (κ3) is 5.76. The molecule has 174 valence electrons. The third-order valence-corrected chi connectivity index (χ3v) is 6.43. The van der Waals surface area contributed by atoms with E-state index in [-0.39, 0.29) is 6.10 Å². The highest BCUT2D eigenvalue weighted by molar-refractivity contribution is 5.56. The number of rotatable bonds is 6. The van der Waals surface area contributed by atoms with Gasteiger partial charge in [-0.1, -0.05) is 12.8 Å². The average Bonchev–Trinajstić information content (AvgIpc) is 3.05. The van der Waals surface area contributed by atoms with Crippen molar-refractivity contribution in [2.24, 2.45) is 0 Å². The standard InChI is InChI=1S/C23H33FN6O2/c1-29-13-11-17(12-14-29)30(2)22-26-21(25-16-9-10-20(31)19(24)15-16)27-23(28-22)32-18-7-5-3-4-6-8-18/h9-10,15,17-18,31H,3-8,11-14H2,1-2H3,(H,25,26,27,28). The highest BCUT2D eigenvalue weighted by atomic mass is 19.1. The van der Waals surface area contributed by atoms with Crippen LogP contribution in [0.1, 0.15) is 51.4 Å². The maximum atomic E-state index is 13.8. The summed E-state index contributed by atoms with van der Waals surface area (Å²) in [6, 6.07) is 4.72.